The van der Waals surface area contributed by atoms with Crippen LogP contribution in [0, 0.1) is 20.2 Å². The van der Waals surface area contributed by atoms with Gasteiger partial charge in [-0.25, -0.2) is 0 Å². The van der Waals surface area contributed by atoms with E-state index in [1.54, 1.807) is 0 Å². The van der Waals surface area contributed by atoms with Crippen LogP contribution in [0.25, 0.3) is 0 Å². The highest BCUT2D eigenvalue weighted by Gasteiger charge is 2.10. The van der Waals surface area contributed by atoms with Gasteiger partial charge < -0.3 is 9.47 Å². The highest BCUT2D eigenvalue weighted by atomic mass is 32.1. The number of non-ortho nitro benzene ring substituents is 2. The zero-order valence-electron chi connectivity index (χ0n) is 10.9. The van der Waals surface area contributed by atoms with Gasteiger partial charge in [-0.3, -0.25) is 20.2 Å². The molecule has 22 heavy (non-hydrogen) atoms. The molecule has 2 aromatic rings. The minimum atomic E-state index is -0.562. The van der Waals surface area contributed by atoms with Crippen LogP contribution in [0.1, 0.15) is 0 Å². The number of nitro groups is 2. The Bertz CT molecular complexity index is 732. The lowest BCUT2D eigenvalue weighted by Crippen LogP contribution is -2.13. The fourth-order valence-corrected chi connectivity index (χ4v) is 1.70. The summed E-state index contributed by atoms with van der Waals surface area (Å²) in [5, 5.41) is 20.9. The summed E-state index contributed by atoms with van der Waals surface area (Å²) in [5.41, 5.74) is -0.228. The van der Waals surface area contributed by atoms with E-state index in [1.807, 2.05) is 0 Å². The maximum Gasteiger partial charge on any atom is 0.363 e. The summed E-state index contributed by atoms with van der Waals surface area (Å²) in [7, 11) is 0. The van der Waals surface area contributed by atoms with Crippen molar-refractivity contribution < 1.29 is 19.3 Å². The molecule has 0 aliphatic heterocycles. The number of hydrogen-bond acceptors (Lipinski definition) is 7. The van der Waals surface area contributed by atoms with Crippen LogP contribution in [0.4, 0.5) is 11.4 Å². The average Bonchev–Trinajstić information content (AvgIpc) is 2.47. The number of thiocarbonyl (C=S) groups is 1. The second-order valence-electron chi connectivity index (χ2n) is 3.96. The van der Waals surface area contributed by atoms with Crippen LogP contribution in [0.15, 0.2) is 48.5 Å². The predicted octanol–water partition coefficient (Wildman–Crippen LogP) is 3.25. The Balaban J connectivity index is 2.02. The number of nitrogens with zero attached hydrogens (tertiary/aromatic N) is 2. The van der Waals surface area contributed by atoms with E-state index in [4.69, 9.17) is 21.7 Å². The first-order chi connectivity index (χ1) is 10.5. The third-order valence-electron chi connectivity index (χ3n) is 2.48. The van der Waals surface area contributed by atoms with Gasteiger partial charge in [-0.1, -0.05) is 6.07 Å². The lowest BCUT2D eigenvalue weighted by molar-refractivity contribution is -0.385. The van der Waals surface area contributed by atoms with Crippen LogP contribution < -0.4 is 9.47 Å². The van der Waals surface area contributed by atoms with Crippen LogP contribution in [0.3, 0.4) is 0 Å². The number of nitro benzene ring substituents is 2. The van der Waals surface area contributed by atoms with Crippen molar-refractivity contribution in [3.63, 3.8) is 0 Å². The Kier molecular flexibility index (Phi) is 4.59. The molecule has 2 rings (SSSR count). The third kappa shape index (κ3) is 3.96. The summed E-state index contributed by atoms with van der Waals surface area (Å²) >= 11 is 4.86. The van der Waals surface area contributed by atoms with E-state index in [2.05, 4.69) is 0 Å². The molecule has 0 unspecified atom stereocenters. The molecule has 112 valence electrons. The summed E-state index contributed by atoms with van der Waals surface area (Å²) in [6, 6.07) is 10.7. The lowest BCUT2D eigenvalue weighted by atomic mass is 10.3. The molecule has 9 heteroatoms. The Hall–Kier alpha value is -3.07. The first-order valence-corrected chi connectivity index (χ1v) is 6.25. The summed E-state index contributed by atoms with van der Waals surface area (Å²) in [5.74, 6) is 0.405. The van der Waals surface area contributed by atoms with Gasteiger partial charge in [-0.05, 0) is 18.2 Å². The zero-order valence-corrected chi connectivity index (χ0v) is 11.7. The van der Waals surface area contributed by atoms with E-state index in [0.29, 0.717) is 0 Å². The van der Waals surface area contributed by atoms with Gasteiger partial charge in [0.05, 0.1) is 15.9 Å². The van der Waals surface area contributed by atoms with Crippen molar-refractivity contribution >= 4 is 28.8 Å². The first kappa shape index (κ1) is 15.3. The standard InChI is InChI=1S/C13H8N2O6S/c16-14(17)9-4-6-11(7-5-9)20-13(22)21-12-3-1-2-10(8-12)15(18)19/h1-8H. The van der Waals surface area contributed by atoms with Crippen LogP contribution in [0.2, 0.25) is 0 Å². The van der Waals surface area contributed by atoms with Crippen LogP contribution >= 0.6 is 12.2 Å². The molecule has 0 aliphatic rings. The predicted molar refractivity (Wildman–Crippen MR) is 80.0 cm³/mol. The van der Waals surface area contributed by atoms with Crippen LogP contribution in [-0.2, 0) is 0 Å². The van der Waals surface area contributed by atoms with Crippen molar-refractivity contribution in [1.29, 1.82) is 0 Å². The lowest BCUT2D eigenvalue weighted by Gasteiger charge is -2.07. The van der Waals surface area contributed by atoms with Crippen molar-refractivity contribution in [2.24, 2.45) is 0 Å². The van der Waals surface area contributed by atoms with Crippen molar-refractivity contribution in [3.8, 4) is 11.5 Å². The van der Waals surface area contributed by atoms with Crippen molar-refractivity contribution in [3.05, 3.63) is 68.8 Å². The Morgan fingerprint density at radius 3 is 2.05 bits per heavy atom. The maximum atomic E-state index is 10.6. The fourth-order valence-electron chi connectivity index (χ4n) is 1.51. The minimum Gasteiger partial charge on any atom is -0.417 e. The number of hydrogen-bond donors (Lipinski definition) is 0. The average molecular weight is 320 g/mol. The molecular weight excluding hydrogens is 312 g/mol. The number of benzene rings is 2. The van der Waals surface area contributed by atoms with Gasteiger partial charge in [0.1, 0.15) is 11.5 Å². The van der Waals surface area contributed by atoms with Crippen molar-refractivity contribution in [2.75, 3.05) is 0 Å². The number of ether oxygens (including phenoxy) is 2. The molecule has 0 bridgehead atoms. The largest absolute Gasteiger partial charge is 0.417 e. The molecule has 0 N–H and O–H groups in total. The molecule has 0 saturated carbocycles. The molecule has 0 aliphatic carbocycles. The Labute approximate surface area is 129 Å². The van der Waals surface area contributed by atoms with E-state index in [1.165, 1.54) is 48.5 Å². The van der Waals surface area contributed by atoms with E-state index in [-0.39, 0.29) is 28.1 Å². The molecule has 0 amide bonds. The monoisotopic (exact) mass is 320 g/mol. The highest BCUT2D eigenvalue weighted by molar-refractivity contribution is 7.79. The summed E-state index contributed by atoms with van der Waals surface area (Å²) in [6.45, 7) is 0. The molecule has 0 aromatic heterocycles. The van der Waals surface area contributed by atoms with Gasteiger partial charge in [0, 0.05) is 30.4 Å². The molecule has 0 atom stereocenters. The summed E-state index contributed by atoms with van der Waals surface area (Å²) < 4.78 is 10.3. The molecule has 0 heterocycles. The molecule has 2 aromatic carbocycles. The molecule has 0 spiro atoms. The molecule has 0 saturated heterocycles. The Morgan fingerprint density at radius 1 is 0.864 bits per heavy atom. The highest BCUT2D eigenvalue weighted by Crippen LogP contribution is 2.21. The second kappa shape index (κ2) is 6.59. The number of rotatable bonds is 4. The van der Waals surface area contributed by atoms with E-state index < -0.39 is 9.85 Å². The summed E-state index contributed by atoms with van der Waals surface area (Å²) in [6.07, 6.45) is 0. The Morgan fingerprint density at radius 2 is 1.45 bits per heavy atom. The second-order valence-corrected chi connectivity index (χ2v) is 4.29. The smallest absolute Gasteiger partial charge is 0.363 e. The molecule has 8 nitrogen and oxygen atoms in total. The van der Waals surface area contributed by atoms with Gasteiger partial charge in [0.2, 0.25) is 0 Å². The van der Waals surface area contributed by atoms with E-state index in [0.717, 1.165) is 0 Å². The normalized spacial score (nSPS) is 9.82. The maximum absolute atomic E-state index is 10.6. The summed E-state index contributed by atoms with van der Waals surface area (Å²) in [4.78, 5) is 20.1. The zero-order chi connectivity index (χ0) is 16.1. The molecular formula is C13H8N2O6S. The molecule has 0 radical (unpaired) electrons. The van der Waals surface area contributed by atoms with Crippen molar-refractivity contribution in [1.82, 2.24) is 0 Å². The third-order valence-corrected chi connectivity index (χ3v) is 2.65. The molecule has 0 fully saturated rings. The van der Waals surface area contributed by atoms with E-state index >= 15 is 0 Å². The SMILES string of the molecule is O=[N+]([O-])c1ccc(OC(=S)Oc2cccc([N+](=O)[O-])c2)cc1. The van der Waals surface area contributed by atoms with Gasteiger partial charge in [0.25, 0.3) is 11.4 Å². The van der Waals surface area contributed by atoms with Gasteiger partial charge in [-0.15, -0.1) is 0 Å². The quantitative estimate of drug-likeness (QED) is 0.483. The van der Waals surface area contributed by atoms with Gasteiger partial charge in [-0.2, -0.15) is 0 Å². The first-order valence-electron chi connectivity index (χ1n) is 5.84. The van der Waals surface area contributed by atoms with Crippen LogP contribution in [-0.4, -0.2) is 15.1 Å². The van der Waals surface area contributed by atoms with Crippen molar-refractivity contribution in [2.45, 2.75) is 0 Å². The topological polar surface area (TPSA) is 105 Å². The minimum absolute atomic E-state index is 0.0853. The van der Waals surface area contributed by atoms with Gasteiger partial charge >= 0.3 is 5.24 Å². The van der Waals surface area contributed by atoms with Gasteiger partial charge in [0.15, 0.2) is 0 Å². The van der Waals surface area contributed by atoms with Crippen LogP contribution in [0.5, 0.6) is 11.5 Å². The fraction of sp³-hybridized carbons (Fsp3) is 0. The van der Waals surface area contributed by atoms with E-state index in [9.17, 15) is 20.2 Å².